The predicted molar refractivity (Wildman–Crippen MR) is 65.1 cm³/mol. The Balaban J connectivity index is 2.54. The maximum Gasteiger partial charge on any atom is 0.150 e. The first kappa shape index (κ1) is 13.7. The number of hydrogen-bond acceptors (Lipinski definition) is 3. The number of unbranched alkanes of at least 4 members (excludes halogenated alkanes) is 1. The first-order valence-corrected chi connectivity index (χ1v) is 8.12. The van der Waals surface area contributed by atoms with Gasteiger partial charge in [0.1, 0.15) is 15.6 Å². The zero-order chi connectivity index (χ0) is 12.2. The van der Waals surface area contributed by atoms with Gasteiger partial charge in [-0.05, 0) is 25.7 Å². The fraction of sp³-hybridized carbons (Fsp3) is 0.917. The van der Waals surface area contributed by atoms with Gasteiger partial charge in [-0.15, -0.1) is 0 Å². The van der Waals surface area contributed by atoms with Crippen LogP contribution in [0.25, 0.3) is 0 Å². The summed E-state index contributed by atoms with van der Waals surface area (Å²) in [5.74, 6) is 0.273. The second-order valence-corrected chi connectivity index (χ2v) is 7.21. The summed E-state index contributed by atoms with van der Waals surface area (Å²) in [7, 11) is -2.97. The molecule has 2 unspecified atom stereocenters. The first-order chi connectivity index (χ1) is 7.45. The molecule has 1 rings (SSSR count). The van der Waals surface area contributed by atoms with E-state index >= 15 is 0 Å². The minimum Gasteiger partial charge on any atom is -0.299 e. The van der Waals surface area contributed by atoms with Crippen LogP contribution in [-0.4, -0.2) is 25.7 Å². The van der Waals surface area contributed by atoms with Gasteiger partial charge in [-0.25, -0.2) is 8.42 Å². The number of ketones is 1. The highest BCUT2D eigenvalue weighted by Crippen LogP contribution is 2.30. The van der Waals surface area contributed by atoms with Crippen LogP contribution in [0.4, 0.5) is 0 Å². The molecular weight excluding hydrogens is 224 g/mol. The molecular formula is C12H22O3S. The standard InChI is InChI=1S/C12H22O3S/c1-3-4-8-12(13)10-6-5-7-11(9-10)16(2,14)15/h10-11H,3-9H2,1-2H3. The van der Waals surface area contributed by atoms with Crippen LogP contribution in [0.3, 0.4) is 0 Å². The lowest BCUT2D eigenvalue weighted by Gasteiger charge is -2.27. The lowest BCUT2D eigenvalue weighted by molar-refractivity contribution is -0.123. The SMILES string of the molecule is CCCCC(=O)C1CCCC(S(C)(=O)=O)C1. The summed E-state index contributed by atoms with van der Waals surface area (Å²) in [6.07, 6.45) is 6.91. The molecule has 0 aromatic rings. The molecule has 0 amide bonds. The zero-order valence-electron chi connectivity index (χ0n) is 10.2. The number of Topliss-reactive ketones (excluding diaryl/α,β-unsaturated/α-hetero) is 1. The highest BCUT2D eigenvalue weighted by molar-refractivity contribution is 7.91. The summed E-state index contributed by atoms with van der Waals surface area (Å²) >= 11 is 0. The van der Waals surface area contributed by atoms with Crippen molar-refractivity contribution >= 4 is 15.6 Å². The van der Waals surface area contributed by atoms with Crippen molar-refractivity contribution in [3.63, 3.8) is 0 Å². The van der Waals surface area contributed by atoms with Gasteiger partial charge >= 0.3 is 0 Å². The number of sulfone groups is 1. The van der Waals surface area contributed by atoms with Crippen LogP contribution in [0.1, 0.15) is 51.9 Å². The molecule has 0 heterocycles. The third-order valence-corrected chi connectivity index (χ3v) is 5.10. The number of rotatable bonds is 5. The van der Waals surface area contributed by atoms with Crippen LogP contribution in [0.15, 0.2) is 0 Å². The van der Waals surface area contributed by atoms with Crippen molar-refractivity contribution in [1.82, 2.24) is 0 Å². The summed E-state index contributed by atoms with van der Waals surface area (Å²) < 4.78 is 22.9. The van der Waals surface area contributed by atoms with Crippen LogP contribution in [0.2, 0.25) is 0 Å². The van der Waals surface area contributed by atoms with Crippen molar-refractivity contribution in [2.45, 2.75) is 57.1 Å². The average molecular weight is 246 g/mol. The maximum absolute atomic E-state index is 11.8. The Labute approximate surface area is 98.5 Å². The van der Waals surface area contributed by atoms with E-state index in [4.69, 9.17) is 0 Å². The van der Waals surface area contributed by atoms with Crippen LogP contribution in [0.5, 0.6) is 0 Å². The predicted octanol–water partition coefficient (Wildman–Crippen LogP) is 2.35. The van der Waals surface area contributed by atoms with E-state index < -0.39 is 9.84 Å². The van der Waals surface area contributed by atoms with Crippen LogP contribution < -0.4 is 0 Å². The molecule has 3 nitrogen and oxygen atoms in total. The van der Waals surface area contributed by atoms with E-state index in [1.54, 1.807) is 0 Å². The van der Waals surface area contributed by atoms with E-state index in [1.807, 2.05) is 0 Å². The van der Waals surface area contributed by atoms with E-state index in [9.17, 15) is 13.2 Å². The summed E-state index contributed by atoms with van der Waals surface area (Å²) in [5, 5.41) is -0.281. The Morgan fingerprint density at radius 1 is 1.31 bits per heavy atom. The molecule has 1 aliphatic carbocycles. The van der Waals surface area contributed by atoms with Crippen molar-refractivity contribution in [3.8, 4) is 0 Å². The van der Waals surface area contributed by atoms with Gasteiger partial charge in [-0.2, -0.15) is 0 Å². The monoisotopic (exact) mass is 246 g/mol. The fourth-order valence-electron chi connectivity index (χ4n) is 2.38. The number of hydrogen-bond donors (Lipinski definition) is 0. The van der Waals surface area contributed by atoms with Gasteiger partial charge < -0.3 is 0 Å². The molecule has 0 bridgehead atoms. The van der Waals surface area contributed by atoms with Crippen molar-refractivity contribution in [3.05, 3.63) is 0 Å². The Kier molecular flexibility index (Phi) is 4.96. The minimum atomic E-state index is -2.97. The van der Waals surface area contributed by atoms with Gasteiger partial charge in [-0.1, -0.05) is 19.8 Å². The fourth-order valence-corrected chi connectivity index (χ4v) is 3.56. The molecule has 0 N–H and O–H groups in total. The zero-order valence-corrected chi connectivity index (χ0v) is 11.1. The van der Waals surface area contributed by atoms with Gasteiger partial charge in [0.05, 0.1) is 5.25 Å². The average Bonchev–Trinajstić information content (AvgIpc) is 2.25. The third kappa shape index (κ3) is 3.89. The van der Waals surface area contributed by atoms with Crippen LogP contribution in [0, 0.1) is 5.92 Å². The highest BCUT2D eigenvalue weighted by atomic mass is 32.2. The molecule has 1 saturated carbocycles. The van der Waals surface area contributed by atoms with Crippen LogP contribution in [-0.2, 0) is 14.6 Å². The second kappa shape index (κ2) is 5.80. The summed E-state index contributed by atoms with van der Waals surface area (Å²) in [4.78, 5) is 11.8. The van der Waals surface area contributed by atoms with Gasteiger partial charge in [0.2, 0.25) is 0 Å². The molecule has 0 aromatic carbocycles. The minimum absolute atomic E-state index is 0.0000231. The Hall–Kier alpha value is -0.380. The summed E-state index contributed by atoms with van der Waals surface area (Å²) in [6, 6.07) is 0. The number of carbonyl (C=O) groups is 1. The van der Waals surface area contributed by atoms with Crippen LogP contribution >= 0.6 is 0 Å². The normalized spacial score (nSPS) is 26.6. The van der Waals surface area contributed by atoms with E-state index in [1.165, 1.54) is 6.26 Å². The summed E-state index contributed by atoms with van der Waals surface area (Å²) in [5.41, 5.74) is 0. The van der Waals surface area contributed by atoms with Gasteiger partial charge in [0.15, 0.2) is 0 Å². The first-order valence-electron chi connectivity index (χ1n) is 6.16. The molecule has 94 valence electrons. The molecule has 2 atom stereocenters. The third-order valence-electron chi connectivity index (χ3n) is 3.46. The molecule has 1 fully saturated rings. The van der Waals surface area contributed by atoms with E-state index in [0.29, 0.717) is 12.8 Å². The van der Waals surface area contributed by atoms with Gasteiger partial charge in [0.25, 0.3) is 0 Å². The van der Waals surface area contributed by atoms with Crippen molar-refractivity contribution in [2.75, 3.05) is 6.26 Å². The Morgan fingerprint density at radius 2 is 2.00 bits per heavy atom. The van der Waals surface area contributed by atoms with E-state index in [2.05, 4.69) is 6.92 Å². The Bertz CT molecular complexity index is 332. The number of carbonyl (C=O) groups excluding carboxylic acids is 1. The van der Waals surface area contributed by atoms with Gasteiger partial charge in [-0.3, -0.25) is 4.79 Å². The highest BCUT2D eigenvalue weighted by Gasteiger charge is 2.31. The maximum atomic E-state index is 11.8. The molecule has 1 aliphatic rings. The molecule has 0 saturated heterocycles. The lowest BCUT2D eigenvalue weighted by atomic mass is 9.84. The van der Waals surface area contributed by atoms with E-state index in [0.717, 1.165) is 32.1 Å². The molecule has 16 heavy (non-hydrogen) atoms. The molecule has 4 heteroatoms. The van der Waals surface area contributed by atoms with E-state index in [-0.39, 0.29) is 17.0 Å². The molecule has 0 radical (unpaired) electrons. The quantitative estimate of drug-likeness (QED) is 0.748. The Morgan fingerprint density at radius 3 is 2.56 bits per heavy atom. The van der Waals surface area contributed by atoms with Crippen molar-refractivity contribution in [2.24, 2.45) is 5.92 Å². The van der Waals surface area contributed by atoms with Gasteiger partial charge in [0, 0.05) is 18.6 Å². The smallest absolute Gasteiger partial charge is 0.150 e. The summed E-state index contributed by atoms with van der Waals surface area (Å²) in [6.45, 7) is 2.06. The van der Waals surface area contributed by atoms with Crippen molar-refractivity contribution in [1.29, 1.82) is 0 Å². The lowest BCUT2D eigenvalue weighted by Crippen LogP contribution is -2.31. The molecule has 0 spiro atoms. The topological polar surface area (TPSA) is 51.2 Å². The largest absolute Gasteiger partial charge is 0.299 e. The second-order valence-electron chi connectivity index (χ2n) is 4.88. The molecule has 0 aliphatic heterocycles. The molecule has 0 aromatic heterocycles. The van der Waals surface area contributed by atoms with Crippen molar-refractivity contribution < 1.29 is 13.2 Å².